The van der Waals surface area contributed by atoms with Gasteiger partial charge in [0.2, 0.25) is 0 Å². The van der Waals surface area contributed by atoms with E-state index in [0.717, 1.165) is 5.56 Å². The number of hydrogen-bond acceptors (Lipinski definition) is 2. The number of carbonyl (C=O) groups excluding carboxylic acids is 1. The highest BCUT2D eigenvalue weighted by Crippen LogP contribution is 2.32. The zero-order valence-electron chi connectivity index (χ0n) is 11.0. The van der Waals surface area contributed by atoms with Gasteiger partial charge in [-0.25, -0.2) is 9.59 Å². The molecule has 104 valence electrons. The molecule has 2 rings (SSSR count). The van der Waals surface area contributed by atoms with E-state index < -0.39 is 12.0 Å². The molecule has 1 aromatic carbocycles. The number of rotatable bonds is 4. The van der Waals surface area contributed by atoms with E-state index in [-0.39, 0.29) is 6.03 Å². The van der Waals surface area contributed by atoms with Crippen molar-refractivity contribution >= 4 is 17.7 Å². The fraction of sp³-hybridized carbons (Fsp3) is 0.333. The molecule has 2 N–H and O–H groups in total. The van der Waals surface area contributed by atoms with Crippen molar-refractivity contribution < 1.29 is 14.7 Å². The number of para-hydroxylation sites is 1. The SMILES string of the molecule is C#CCCCNC(=O)N1c2ccccc2C[C@H]1C(=O)O. The Kier molecular flexibility index (Phi) is 4.26. The average Bonchev–Trinajstić information content (AvgIpc) is 2.83. The average molecular weight is 272 g/mol. The van der Waals surface area contributed by atoms with Crippen LogP contribution in [0.15, 0.2) is 24.3 Å². The molecule has 0 saturated heterocycles. The zero-order chi connectivity index (χ0) is 14.5. The normalized spacial score (nSPS) is 16.4. The summed E-state index contributed by atoms with van der Waals surface area (Å²) in [5, 5.41) is 12.0. The van der Waals surface area contributed by atoms with Gasteiger partial charge in [-0.1, -0.05) is 18.2 Å². The molecule has 5 nitrogen and oxygen atoms in total. The number of anilines is 1. The van der Waals surface area contributed by atoms with E-state index in [0.29, 0.717) is 31.5 Å². The Bertz CT molecular complexity index is 562. The number of carboxylic acids is 1. The number of carbonyl (C=O) groups is 2. The van der Waals surface area contributed by atoms with Crippen LogP contribution in [0, 0.1) is 12.3 Å². The largest absolute Gasteiger partial charge is 0.480 e. The molecule has 2 amide bonds. The van der Waals surface area contributed by atoms with Gasteiger partial charge in [-0.15, -0.1) is 12.3 Å². The minimum Gasteiger partial charge on any atom is -0.480 e. The molecule has 0 saturated carbocycles. The van der Waals surface area contributed by atoms with E-state index in [9.17, 15) is 14.7 Å². The number of hydrogen-bond donors (Lipinski definition) is 2. The van der Waals surface area contributed by atoms with Crippen LogP contribution >= 0.6 is 0 Å². The van der Waals surface area contributed by atoms with Crippen molar-refractivity contribution in [3.63, 3.8) is 0 Å². The van der Waals surface area contributed by atoms with Gasteiger partial charge in [0.1, 0.15) is 6.04 Å². The van der Waals surface area contributed by atoms with Gasteiger partial charge in [0.15, 0.2) is 0 Å². The third-order valence-corrected chi connectivity index (χ3v) is 3.25. The standard InChI is InChI=1S/C15H16N2O3/c1-2-3-6-9-16-15(20)17-12-8-5-4-7-11(12)10-13(17)14(18)19/h1,4-5,7-8,13H,3,6,9-10H2,(H,16,20)(H,18,19)/t13-/m0/s1. The Labute approximate surface area is 117 Å². The number of nitrogens with zero attached hydrogens (tertiary/aromatic N) is 1. The first-order valence-electron chi connectivity index (χ1n) is 6.46. The molecule has 0 aliphatic carbocycles. The van der Waals surface area contributed by atoms with Crippen LogP contribution in [0.25, 0.3) is 0 Å². The monoisotopic (exact) mass is 272 g/mol. The number of aliphatic carboxylic acids is 1. The molecule has 20 heavy (non-hydrogen) atoms. The van der Waals surface area contributed by atoms with Crippen LogP contribution in [0.3, 0.4) is 0 Å². The van der Waals surface area contributed by atoms with Crippen LogP contribution in [0.1, 0.15) is 18.4 Å². The Morgan fingerprint density at radius 1 is 1.45 bits per heavy atom. The molecule has 5 heteroatoms. The van der Waals surface area contributed by atoms with Gasteiger partial charge in [-0.3, -0.25) is 4.90 Å². The number of benzene rings is 1. The van der Waals surface area contributed by atoms with Crippen LogP contribution < -0.4 is 10.2 Å². The third kappa shape index (κ3) is 2.75. The molecule has 0 fully saturated rings. The first-order chi connectivity index (χ1) is 9.65. The summed E-state index contributed by atoms with van der Waals surface area (Å²) >= 11 is 0. The van der Waals surface area contributed by atoms with Crippen LogP contribution in [-0.2, 0) is 11.2 Å². The highest BCUT2D eigenvalue weighted by molar-refractivity contribution is 6.01. The van der Waals surface area contributed by atoms with Crippen molar-refractivity contribution in [3.8, 4) is 12.3 Å². The summed E-state index contributed by atoms with van der Waals surface area (Å²) in [5.41, 5.74) is 1.54. The van der Waals surface area contributed by atoms with Crippen molar-refractivity contribution in [1.29, 1.82) is 0 Å². The lowest BCUT2D eigenvalue weighted by atomic mass is 10.1. The summed E-state index contributed by atoms with van der Waals surface area (Å²) in [5.74, 6) is 1.49. The smallest absolute Gasteiger partial charge is 0.327 e. The molecule has 0 unspecified atom stereocenters. The molecule has 0 radical (unpaired) electrons. The van der Waals surface area contributed by atoms with E-state index in [1.54, 1.807) is 12.1 Å². The number of amides is 2. The van der Waals surface area contributed by atoms with Crippen molar-refractivity contribution in [2.75, 3.05) is 11.4 Å². The number of unbranched alkanes of at least 4 members (excludes halogenated alkanes) is 1. The van der Waals surface area contributed by atoms with Crippen LogP contribution in [-0.4, -0.2) is 29.7 Å². The zero-order valence-corrected chi connectivity index (χ0v) is 11.0. The van der Waals surface area contributed by atoms with Gasteiger partial charge in [-0.2, -0.15) is 0 Å². The number of terminal acetylenes is 1. The summed E-state index contributed by atoms with van der Waals surface area (Å²) in [6.07, 6.45) is 6.74. The van der Waals surface area contributed by atoms with Crippen molar-refractivity contribution in [2.45, 2.75) is 25.3 Å². The minimum absolute atomic E-state index is 0.337. The Balaban J connectivity index is 2.12. The van der Waals surface area contributed by atoms with Gasteiger partial charge in [0.05, 0.1) is 0 Å². The van der Waals surface area contributed by atoms with Gasteiger partial charge >= 0.3 is 12.0 Å². The molecule has 0 spiro atoms. The Morgan fingerprint density at radius 2 is 2.20 bits per heavy atom. The molecule has 1 atom stereocenters. The lowest BCUT2D eigenvalue weighted by Crippen LogP contribution is -2.48. The number of carboxylic acid groups (broad SMARTS) is 1. The number of fused-ring (bicyclic) bond motifs is 1. The van der Waals surface area contributed by atoms with E-state index in [4.69, 9.17) is 6.42 Å². The summed E-state index contributed by atoms with van der Waals surface area (Å²) in [6.45, 7) is 0.439. The lowest BCUT2D eigenvalue weighted by molar-refractivity contribution is -0.138. The van der Waals surface area contributed by atoms with Crippen LogP contribution in [0.2, 0.25) is 0 Å². The molecule has 0 bridgehead atoms. The van der Waals surface area contributed by atoms with Crippen molar-refractivity contribution in [3.05, 3.63) is 29.8 Å². The fourth-order valence-corrected chi connectivity index (χ4v) is 2.31. The summed E-state index contributed by atoms with van der Waals surface area (Å²) < 4.78 is 0. The predicted molar refractivity (Wildman–Crippen MR) is 75.5 cm³/mol. The lowest BCUT2D eigenvalue weighted by Gasteiger charge is -2.22. The second kappa shape index (κ2) is 6.11. The summed E-state index contributed by atoms with van der Waals surface area (Å²) in [7, 11) is 0. The first kappa shape index (κ1) is 13.9. The second-order valence-electron chi connectivity index (χ2n) is 4.60. The van der Waals surface area contributed by atoms with E-state index in [1.165, 1.54) is 4.90 Å². The fourth-order valence-electron chi connectivity index (χ4n) is 2.31. The highest BCUT2D eigenvalue weighted by Gasteiger charge is 2.38. The maximum atomic E-state index is 12.2. The number of urea groups is 1. The molecule has 1 aromatic rings. The molecule has 1 heterocycles. The topological polar surface area (TPSA) is 69.6 Å². The van der Waals surface area contributed by atoms with Gasteiger partial charge < -0.3 is 10.4 Å². The molecule has 0 aromatic heterocycles. The van der Waals surface area contributed by atoms with Crippen molar-refractivity contribution in [1.82, 2.24) is 5.32 Å². The van der Waals surface area contributed by atoms with Gasteiger partial charge in [-0.05, 0) is 18.1 Å². The van der Waals surface area contributed by atoms with Gasteiger partial charge in [0.25, 0.3) is 0 Å². The van der Waals surface area contributed by atoms with E-state index >= 15 is 0 Å². The van der Waals surface area contributed by atoms with E-state index in [1.807, 2.05) is 12.1 Å². The maximum absolute atomic E-state index is 12.2. The van der Waals surface area contributed by atoms with Crippen molar-refractivity contribution in [2.24, 2.45) is 0 Å². The third-order valence-electron chi connectivity index (χ3n) is 3.25. The minimum atomic E-state index is -1.00. The molecular formula is C15H16N2O3. The number of nitrogens with one attached hydrogen (secondary N) is 1. The van der Waals surface area contributed by atoms with E-state index in [2.05, 4.69) is 11.2 Å². The predicted octanol–water partition coefficient (Wildman–Crippen LogP) is 1.63. The highest BCUT2D eigenvalue weighted by atomic mass is 16.4. The molecule has 1 aliphatic rings. The molecular weight excluding hydrogens is 256 g/mol. The Morgan fingerprint density at radius 3 is 2.90 bits per heavy atom. The molecule has 1 aliphatic heterocycles. The van der Waals surface area contributed by atoms with Gasteiger partial charge in [0, 0.05) is 25.1 Å². The Hall–Kier alpha value is -2.48. The summed E-state index contributed by atoms with van der Waals surface area (Å²) in [6, 6.07) is 6.00. The van der Waals surface area contributed by atoms with Crippen LogP contribution in [0.5, 0.6) is 0 Å². The van der Waals surface area contributed by atoms with Crippen LogP contribution in [0.4, 0.5) is 10.5 Å². The first-order valence-corrected chi connectivity index (χ1v) is 6.46. The maximum Gasteiger partial charge on any atom is 0.327 e. The summed E-state index contributed by atoms with van der Waals surface area (Å²) in [4.78, 5) is 24.8. The second-order valence-corrected chi connectivity index (χ2v) is 4.60. The quantitative estimate of drug-likeness (QED) is 0.646.